The molecule has 20 heavy (non-hydrogen) atoms. The highest BCUT2D eigenvalue weighted by Gasteiger charge is 2.20. The maximum Gasteiger partial charge on any atom is 0.673 e. The van der Waals surface area contributed by atoms with Crippen molar-refractivity contribution in [1.29, 1.82) is 0 Å². The van der Waals surface area contributed by atoms with E-state index in [1.165, 1.54) is 18.7 Å². The highest BCUT2D eigenvalue weighted by Crippen LogP contribution is 2.06. The van der Waals surface area contributed by atoms with Gasteiger partial charge in [0, 0.05) is 6.92 Å². The Bertz CT molecular complexity index is 353. The second kappa shape index (κ2) is 10.7. The van der Waals surface area contributed by atoms with E-state index >= 15 is 0 Å². The molecule has 0 amide bonds. The van der Waals surface area contributed by atoms with Gasteiger partial charge < -0.3 is 32.3 Å². The van der Waals surface area contributed by atoms with E-state index in [0.717, 1.165) is 6.54 Å². The number of halogens is 4. The standard InChI is InChI=1S/C9H17N2.BF4.BH3O3/c1-4-5-6-11-8-7-10(3)9(11)2;2-1(3,4)5;2-1(3)4/h7-8H,4-6H2,1-3H3;;2-4H/q+1;-1;. The average Bonchev–Trinajstić information content (AvgIpc) is 2.54. The summed E-state index contributed by atoms with van der Waals surface area (Å²) in [6, 6.07) is 0. The SMILES string of the molecule is CCCC[n+]1ccn(C)c1C.F[B-](F)(F)F.OB(O)O. The molecule has 0 aliphatic rings. The third-order valence-electron chi connectivity index (χ3n) is 2.15. The number of aromatic nitrogens is 2. The summed E-state index contributed by atoms with van der Waals surface area (Å²) in [5.41, 5.74) is 0. The van der Waals surface area contributed by atoms with Crippen LogP contribution in [-0.2, 0) is 13.6 Å². The molecule has 1 heterocycles. The van der Waals surface area contributed by atoms with Gasteiger partial charge in [0.15, 0.2) is 0 Å². The topological polar surface area (TPSA) is 69.5 Å². The van der Waals surface area contributed by atoms with Crippen LogP contribution in [-0.4, -0.2) is 34.2 Å². The van der Waals surface area contributed by atoms with Crippen molar-refractivity contribution in [2.45, 2.75) is 33.2 Å². The Kier molecular flexibility index (Phi) is 11.4. The number of unbranched alkanes of at least 4 members (excludes halogenated alkanes) is 1. The number of imidazole rings is 1. The lowest BCUT2D eigenvalue weighted by atomic mass is 10.3. The highest BCUT2D eigenvalue weighted by atomic mass is 19.5. The van der Waals surface area contributed by atoms with E-state index in [9.17, 15) is 17.3 Å². The monoisotopic (exact) mass is 302 g/mol. The van der Waals surface area contributed by atoms with Gasteiger partial charge in [-0.15, -0.1) is 0 Å². The van der Waals surface area contributed by atoms with Crippen molar-refractivity contribution in [2.24, 2.45) is 7.05 Å². The second-order valence-corrected chi connectivity index (χ2v) is 3.84. The maximum absolute atomic E-state index is 9.75. The first kappa shape index (κ1) is 21.2. The summed E-state index contributed by atoms with van der Waals surface area (Å²) in [6.45, 7) is 5.53. The van der Waals surface area contributed by atoms with E-state index in [-0.39, 0.29) is 0 Å². The predicted molar refractivity (Wildman–Crippen MR) is 67.8 cm³/mol. The summed E-state index contributed by atoms with van der Waals surface area (Å²) >= 11 is 0. The zero-order valence-corrected chi connectivity index (χ0v) is 11.7. The number of aryl methyl sites for hydroxylation is 2. The van der Waals surface area contributed by atoms with E-state index in [1.807, 2.05) is 0 Å². The van der Waals surface area contributed by atoms with Crippen molar-refractivity contribution < 1.29 is 36.9 Å². The Morgan fingerprint density at radius 3 is 1.90 bits per heavy atom. The minimum Gasteiger partial charge on any atom is -0.418 e. The number of hydrogen-bond donors (Lipinski definition) is 3. The maximum atomic E-state index is 9.75. The summed E-state index contributed by atoms with van der Waals surface area (Å²) in [6.07, 6.45) is 6.78. The summed E-state index contributed by atoms with van der Waals surface area (Å²) in [4.78, 5) is 0. The van der Waals surface area contributed by atoms with E-state index in [2.05, 4.69) is 42.4 Å². The fourth-order valence-corrected chi connectivity index (χ4v) is 1.16. The minimum absolute atomic E-state index is 1.16. The van der Waals surface area contributed by atoms with Crippen molar-refractivity contribution in [2.75, 3.05) is 0 Å². The lowest BCUT2D eigenvalue weighted by Crippen LogP contribution is -2.35. The van der Waals surface area contributed by atoms with Crippen LogP contribution in [0.1, 0.15) is 25.6 Å². The summed E-state index contributed by atoms with van der Waals surface area (Å²) in [5.74, 6) is 1.33. The first-order valence-electron chi connectivity index (χ1n) is 5.91. The molecule has 0 aromatic carbocycles. The summed E-state index contributed by atoms with van der Waals surface area (Å²) in [7, 11) is -6.09. The van der Waals surface area contributed by atoms with E-state index in [4.69, 9.17) is 15.1 Å². The van der Waals surface area contributed by atoms with Gasteiger partial charge >= 0.3 is 14.6 Å². The fourth-order valence-electron chi connectivity index (χ4n) is 1.16. The van der Waals surface area contributed by atoms with E-state index < -0.39 is 14.6 Å². The zero-order valence-electron chi connectivity index (χ0n) is 11.7. The van der Waals surface area contributed by atoms with Gasteiger partial charge in [-0.05, 0) is 6.42 Å². The molecular weight excluding hydrogens is 282 g/mol. The average molecular weight is 302 g/mol. The van der Waals surface area contributed by atoms with Crippen LogP contribution in [0.15, 0.2) is 12.4 Å². The first-order valence-corrected chi connectivity index (χ1v) is 5.91. The Morgan fingerprint density at radius 1 is 1.25 bits per heavy atom. The van der Waals surface area contributed by atoms with Gasteiger partial charge in [-0.25, -0.2) is 9.13 Å². The Labute approximate surface area is 115 Å². The predicted octanol–water partition coefficient (Wildman–Crippen LogP) is 0.669. The first-order chi connectivity index (χ1) is 8.99. The van der Waals surface area contributed by atoms with Gasteiger partial charge in [0.2, 0.25) is 0 Å². The summed E-state index contributed by atoms with van der Waals surface area (Å²) < 4.78 is 43.4. The third-order valence-corrected chi connectivity index (χ3v) is 2.15. The van der Waals surface area contributed by atoms with E-state index in [0.29, 0.717) is 0 Å². The Hall–Kier alpha value is -1.06. The molecule has 0 aliphatic carbocycles. The van der Waals surface area contributed by atoms with Crippen molar-refractivity contribution >= 4 is 14.6 Å². The van der Waals surface area contributed by atoms with Crippen LogP contribution >= 0.6 is 0 Å². The minimum atomic E-state index is -6.00. The van der Waals surface area contributed by atoms with Crippen molar-refractivity contribution in [1.82, 2.24) is 4.57 Å². The molecule has 1 rings (SSSR count). The lowest BCUT2D eigenvalue weighted by Gasteiger charge is -1.95. The van der Waals surface area contributed by atoms with Gasteiger partial charge in [-0.3, -0.25) is 0 Å². The molecule has 0 radical (unpaired) electrons. The van der Waals surface area contributed by atoms with Gasteiger partial charge in [-0.1, -0.05) is 13.3 Å². The van der Waals surface area contributed by atoms with Crippen LogP contribution in [0.3, 0.4) is 0 Å². The quantitative estimate of drug-likeness (QED) is 0.437. The molecule has 0 fully saturated rings. The molecule has 0 unspecified atom stereocenters. The summed E-state index contributed by atoms with van der Waals surface area (Å²) in [5, 5.41) is 21.5. The van der Waals surface area contributed by atoms with Gasteiger partial charge in [0.25, 0.3) is 5.82 Å². The molecule has 5 nitrogen and oxygen atoms in total. The molecule has 1 aromatic heterocycles. The van der Waals surface area contributed by atoms with Crippen LogP contribution in [0.2, 0.25) is 0 Å². The molecule has 0 saturated heterocycles. The number of nitrogens with zero attached hydrogens (tertiary/aromatic N) is 2. The smallest absolute Gasteiger partial charge is 0.418 e. The number of hydrogen-bond acceptors (Lipinski definition) is 3. The molecule has 1 aromatic rings. The number of rotatable bonds is 3. The molecule has 11 heteroatoms. The van der Waals surface area contributed by atoms with Crippen molar-refractivity contribution in [3.8, 4) is 0 Å². The molecule has 0 saturated carbocycles. The highest BCUT2D eigenvalue weighted by molar-refractivity contribution is 6.50. The molecule has 0 bridgehead atoms. The normalized spacial score (nSPS) is 10.1. The van der Waals surface area contributed by atoms with E-state index in [1.54, 1.807) is 0 Å². The van der Waals surface area contributed by atoms with Crippen LogP contribution in [0.5, 0.6) is 0 Å². The van der Waals surface area contributed by atoms with Crippen LogP contribution in [0, 0.1) is 6.92 Å². The largest absolute Gasteiger partial charge is 0.673 e. The van der Waals surface area contributed by atoms with Gasteiger partial charge in [0.1, 0.15) is 12.4 Å². The molecule has 118 valence electrons. The Balaban J connectivity index is 0. The van der Waals surface area contributed by atoms with Crippen LogP contribution in [0.25, 0.3) is 0 Å². The molecule has 0 atom stereocenters. The lowest BCUT2D eigenvalue weighted by molar-refractivity contribution is -0.702. The molecule has 3 N–H and O–H groups in total. The van der Waals surface area contributed by atoms with Crippen LogP contribution < -0.4 is 4.57 Å². The third kappa shape index (κ3) is 16.9. The molecule has 0 spiro atoms. The van der Waals surface area contributed by atoms with Crippen LogP contribution in [0.4, 0.5) is 17.3 Å². The fraction of sp³-hybridized carbons (Fsp3) is 0.667. The molecular formula is C9H20B2F4N2O3. The zero-order chi connectivity index (χ0) is 16.3. The van der Waals surface area contributed by atoms with Gasteiger partial charge in [-0.2, -0.15) is 0 Å². The van der Waals surface area contributed by atoms with Crippen molar-refractivity contribution in [3.63, 3.8) is 0 Å². The second-order valence-electron chi connectivity index (χ2n) is 3.84. The van der Waals surface area contributed by atoms with Crippen molar-refractivity contribution in [3.05, 3.63) is 18.2 Å². The van der Waals surface area contributed by atoms with Gasteiger partial charge in [0.05, 0.1) is 13.6 Å². The molecule has 0 aliphatic heterocycles. The Morgan fingerprint density at radius 2 is 1.65 bits per heavy atom.